The Morgan fingerprint density at radius 1 is 0.935 bits per heavy atom. The van der Waals surface area contributed by atoms with Gasteiger partial charge in [-0.05, 0) is 35.4 Å². The molecule has 0 radical (unpaired) electrons. The number of aromatic amines is 1. The average Bonchev–Trinajstić information content (AvgIpc) is 3.46. The van der Waals surface area contributed by atoms with Gasteiger partial charge in [0, 0.05) is 34.1 Å². The van der Waals surface area contributed by atoms with E-state index >= 15 is 0 Å². The van der Waals surface area contributed by atoms with Crippen molar-refractivity contribution in [1.82, 2.24) is 20.3 Å². The molecule has 0 spiro atoms. The summed E-state index contributed by atoms with van der Waals surface area (Å²) >= 11 is 1.70. The Balaban J connectivity index is 1.44. The molecule has 5 rings (SSSR count). The molecule has 0 aliphatic heterocycles. The molecule has 4 N–H and O–H groups in total. The van der Waals surface area contributed by atoms with Gasteiger partial charge in [0.1, 0.15) is 6.33 Å². The van der Waals surface area contributed by atoms with Crippen LogP contribution in [0.3, 0.4) is 0 Å². The summed E-state index contributed by atoms with van der Waals surface area (Å²) in [7, 11) is 0. The van der Waals surface area contributed by atoms with Crippen molar-refractivity contribution in [2.24, 2.45) is 0 Å². The van der Waals surface area contributed by atoms with E-state index in [-0.39, 0.29) is 19.3 Å². The molecule has 0 amide bonds. The van der Waals surface area contributed by atoms with Gasteiger partial charge in [-0.1, -0.05) is 30.3 Å². The van der Waals surface area contributed by atoms with Gasteiger partial charge in [0.25, 0.3) is 0 Å². The van der Waals surface area contributed by atoms with E-state index in [1.807, 2.05) is 6.20 Å². The minimum absolute atomic E-state index is 0.0866. The zero-order chi connectivity index (χ0) is 21.2. The number of aliphatic hydroxyl groups is 2. The maximum absolute atomic E-state index is 9.18. The fourth-order valence-electron chi connectivity index (χ4n) is 3.64. The molecule has 2 aromatic carbocycles. The molecule has 0 aliphatic carbocycles. The summed E-state index contributed by atoms with van der Waals surface area (Å²) in [5.41, 5.74) is 6.30. The van der Waals surface area contributed by atoms with Crippen LogP contribution < -0.4 is 5.32 Å². The predicted octanol–water partition coefficient (Wildman–Crippen LogP) is 3.95. The van der Waals surface area contributed by atoms with Crippen LogP contribution in [0.25, 0.3) is 42.8 Å². The second-order valence-corrected chi connectivity index (χ2v) is 8.52. The highest BCUT2D eigenvalue weighted by atomic mass is 32.1. The predicted molar refractivity (Wildman–Crippen MR) is 125 cm³/mol. The molecule has 0 atom stereocenters. The summed E-state index contributed by atoms with van der Waals surface area (Å²) in [6, 6.07) is 18.5. The van der Waals surface area contributed by atoms with Crippen LogP contribution in [-0.4, -0.2) is 44.4 Å². The van der Waals surface area contributed by atoms with Crippen molar-refractivity contribution < 1.29 is 10.2 Å². The number of rotatable bonds is 7. The SMILES string of the molecule is OCC(CO)NCc1ccc(-c2cc3ncnc(-c4ccc5[nH]ccc5c4)c3s2)cc1. The third-order valence-electron chi connectivity index (χ3n) is 5.41. The molecule has 3 aromatic heterocycles. The number of nitrogens with zero attached hydrogens (tertiary/aromatic N) is 2. The Kier molecular flexibility index (Phi) is 5.48. The normalized spacial score (nSPS) is 11.7. The second-order valence-electron chi connectivity index (χ2n) is 7.47. The molecule has 156 valence electrons. The monoisotopic (exact) mass is 430 g/mol. The van der Waals surface area contributed by atoms with Crippen LogP contribution in [0.1, 0.15) is 5.56 Å². The third-order valence-corrected chi connectivity index (χ3v) is 6.59. The van der Waals surface area contributed by atoms with Crippen molar-refractivity contribution in [3.63, 3.8) is 0 Å². The first kappa shape index (κ1) is 19.8. The second kappa shape index (κ2) is 8.56. The van der Waals surface area contributed by atoms with Crippen molar-refractivity contribution >= 4 is 32.5 Å². The van der Waals surface area contributed by atoms with Crippen molar-refractivity contribution in [3.8, 4) is 21.7 Å². The Hall–Kier alpha value is -3.10. The molecule has 6 nitrogen and oxygen atoms in total. The average molecular weight is 431 g/mol. The number of hydrogen-bond acceptors (Lipinski definition) is 6. The van der Waals surface area contributed by atoms with E-state index in [1.165, 1.54) is 0 Å². The van der Waals surface area contributed by atoms with Crippen molar-refractivity contribution in [1.29, 1.82) is 0 Å². The van der Waals surface area contributed by atoms with E-state index in [1.54, 1.807) is 17.7 Å². The Bertz CT molecular complexity index is 1320. The van der Waals surface area contributed by atoms with Crippen LogP contribution >= 0.6 is 11.3 Å². The van der Waals surface area contributed by atoms with Gasteiger partial charge in [-0.25, -0.2) is 9.97 Å². The van der Waals surface area contributed by atoms with Crippen LogP contribution in [0, 0.1) is 0 Å². The van der Waals surface area contributed by atoms with E-state index in [2.05, 4.69) is 74.9 Å². The summed E-state index contributed by atoms with van der Waals surface area (Å²) in [6.07, 6.45) is 3.57. The first-order chi connectivity index (χ1) is 15.2. The highest BCUT2D eigenvalue weighted by Gasteiger charge is 2.13. The molecular formula is C24H22N4O2S. The smallest absolute Gasteiger partial charge is 0.116 e. The van der Waals surface area contributed by atoms with Gasteiger partial charge in [-0.3, -0.25) is 0 Å². The lowest BCUT2D eigenvalue weighted by atomic mass is 10.1. The van der Waals surface area contributed by atoms with E-state index in [0.717, 1.165) is 48.4 Å². The molecule has 0 unspecified atom stereocenters. The van der Waals surface area contributed by atoms with E-state index in [4.69, 9.17) is 0 Å². The zero-order valence-corrected chi connectivity index (χ0v) is 17.6. The van der Waals surface area contributed by atoms with Gasteiger partial charge in [0.2, 0.25) is 0 Å². The molecule has 0 aliphatic rings. The Labute approximate surface area is 183 Å². The number of thiophene rings is 1. The molecule has 0 fully saturated rings. The van der Waals surface area contributed by atoms with Gasteiger partial charge in [0.15, 0.2) is 0 Å². The van der Waals surface area contributed by atoms with Crippen LogP contribution in [0.15, 0.2) is 67.1 Å². The third kappa shape index (κ3) is 3.96. The number of aromatic nitrogens is 3. The molecule has 31 heavy (non-hydrogen) atoms. The molecule has 0 saturated heterocycles. The summed E-state index contributed by atoms with van der Waals surface area (Å²) in [5, 5.41) is 22.7. The Morgan fingerprint density at radius 3 is 2.55 bits per heavy atom. The number of nitrogens with one attached hydrogen (secondary N) is 2. The van der Waals surface area contributed by atoms with Gasteiger partial charge in [0.05, 0.1) is 35.2 Å². The molecule has 0 saturated carbocycles. The van der Waals surface area contributed by atoms with Crippen LogP contribution in [0.4, 0.5) is 0 Å². The molecule has 7 heteroatoms. The number of benzene rings is 2. The van der Waals surface area contributed by atoms with E-state index < -0.39 is 0 Å². The quantitative estimate of drug-likeness (QED) is 0.314. The molecule has 0 bridgehead atoms. The van der Waals surface area contributed by atoms with E-state index in [9.17, 15) is 10.2 Å². The van der Waals surface area contributed by atoms with Crippen molar-refractivity contribution in [2.75, 3.05) is 13.2 Å². The van der Waals surface area contributed by atoms with Gasteiger partial charge >= 0.3 is 0 Å². The zero-order valence-electron chi connectivity index (χ0n) is 16.7. The summed E-state index contributed by atoms with van der Waals surface area (Å²) in [6.45, 7) is 0.420. The van der Waals surface area contributed by atoms with E-state index in [0.29, 0.717) is 6.54 Å². The lowest BCUT2D eigenvalue weighted by molar-refractivity contribution is 0.170. The lowest BCUT2D eigenvalue weighted by Crippen LogP contribution is -2.35. The van der Waals surface area contributed by atoms with Gasteiger partial charge < -0.3 is 20.5 Å². The summed E-state index contributed by atoms with van der Waals surface area (Å²) in [5.74, 6) is 0. The maximum atomic E-state index is 9.18. The molecule has 3 heterocycles. The highest BCUT2D eigenvalue weighted by Crippen LogP contribution is 2.37. The molecular weight excluding hydrogens is 408 g/mol. The van der Waals surface area contributed by atoms with Gasteiger partial charge in [-0.15, -0.1) is 11.3 Å². The number of hydrogen-bond donors (Lipinski definition) is 4. The number of aliphatic hydroxyl groups excluding tert-OH is 2. The summed E-state index contributed by atoms with van der Waals surface area (Å²) in [4.78, 5) is 13.4. The fourth-order valence-corrected chi connectivity index (χ4v) is 4.77. The topological polar surface area (TPSA) is 94.1 Å². The largest absolute Gasteiger partial charge is 0.395 e. The minimum atomic E-state index is -0.301. The molecule has 5 aromatic rings. The first-order valence-corrected chi connectivity index (χ1v) is 10.9. The highest BCUT2D eigenvalue weighted by molar-refractivity contribution is 7.22. The van der Waals surface area contributed by atoms with Crippen LogP contribution in [0.5, 0.6) is 0 Å². The standard InChI is InChI=1S/C24H22N4O2S/c29-12-19(13-30)26-11-15-1-3-16(4-2-15)22-10-21-24(31-22)23(28-14-27-21)18-5-6-20-17(9-18)7-8-25-20/h1-10,14,19,25-26,29-30H,11-13H2. The fraction of sp³-hybridized carbons (Fsp3) is 0.167. The number of H-pyrrole nitrogens is 1. The number of fused-ring (bicyclic) bond motifs is 2. The first-order valence-electron chi connectivity index (χ1n) is 10.1. The summed E-state index contributed by atoms with van der Waals surface area (Å²) < 4.78 is 1.08. The van der Waals surface area contributed by atoms with Crippen molar-refractivity contribution in [3.05, 3.63) is 72.7 Å². The van der Waals surface area contributed by atoms with Crippen molar-refractivity contribution in [2.45, 2.75) is 12.6 Å². The Morgan fingerprint density at radius 2 is 1.74 bits per heavy atom. The van der Waals surface area contributed by atoms with Crippen LogP contribution in [-0.2, 0) is 6.54 Å². The maximum Gasteiger partial charge on any atom is 0.116 e. The van der Waals surface area contributed by atoms with Gasteiger partial charge in [-0.2, -0.15) is 0 Å². The lowest BCUT2D eigenvalue weighted by Gasteiger charge is -2.13. The minimum Gasteiger partial charge on any atom is -0.395 e. The van der Waals surface area contributed by atoms with Crippen LogP contribution in [0.2, 0.25) is 0 Å².